The highest BCUT2D eigenvalue weighted by molar-refractivity contribution is 7.90. The van der Waals surface area contributed by atoms with Gasteiger partial charge in [0, 0.05) is 22.8 Å². The molecule has 0 aliphatic heterocycles. The average molecular weight is 475 g/mol. The van der Waals surface area contributed by atoms with Crippen molar-refractivity contribution in [2.75, 3.05) is 5.32 Å². The molecule has 0 amide bonds. The number of benzene rings is 3. The molecular weight excluding hydrogens is 456 g/mol. The molecule has 164 valence electrons. The van der Waals surface area contributed by atoms with E-state index in [0.717, 1.165) is 22.0 Å². The second kappa shape index (κ2) is 9.12. The fraction of sp³-hybridized carbons (Fsp3) is 0. The van der Waals surface area contributed by atoms with Gasteiger partial charge < -0.3 is 16.8 Å². The highest BCUT2D eigenvalue weighted by Crippen LogP contribution is 2.28. The standard InChI is InChI=1S/C23H18N6O2S2/c24-12-18(13-27-19-7-9-20(10-8-19)33(30,31)29-23(25)26)22-28-21(14-32-22)17-6-5-15-3-1-2-4-16(15)11-17/h1-11,13-14,27H,(H4,25,26,29)/b18-13+. The third kappa shape index (κ3) is 5.01. The molecule has 0 bridgehead atoms. The number of rotatable bonds is 6. The summed E-state index contributed by atoms with van der Waals surface area (Å²) in [7, 11) is -3.96. The van der Waals surface area contributed by atoms with Crippen LogP contribution < -0.4 is 16.8 Å². The molecule has 1 heterocycles. The Morgan fingerprint density at radius 3 is 2.48 bits per heavy atom. The first-order valence-corrected chi connectivity index (χ1v) is 12.0. The van der Waals surface area contributed by atoms with E-state index in [2.05, 4.69) is 32.9 Å². The second-order valence-corrected chi connectivity index (χ2v) is 9.39. The first kappa shape index (κ1) is 22.0. The summed E-state index contributed by atoms with van der Waals surface area (Å²) in [6, 6.07) is 22.2. The Morgan fingerprint density at radius 2 is 1.79 bits per heavy atom. The molecule has 0 aliphatic rings. The Bertz CT molecular complexity index is 1530. The van der Waals surface area contributed by atoms with Gasteiger partial charge in [-0.25, -0.2) is 4.98 Å². The minimum atomic E-state index is -3.96. The lowest BCUT2D eigenvalue weighted by Gasteiger charge is -2.04. The van der Waals surface area contributed by atoms with Crippen LogP contribution >= 0.6 is 11.3 Å². The van der Waals surface area contributed by atoms with E-state index in [0.29, 0.717) is 16.3 Å². The number of nitrogens with two attached hydrogens (primary N) is 2. The smallest absolute Gasteiger partial charge is 0.285 e. The Hall–Kier alpha value is -4.20. The van der Waals surface area contributed by atoms with Gasteiger partial charge in [0.05, 0.1) is 10.6 Å². The maximum atomic E-state index is 12.0. The van der Waals surface area contributed by atoms with E-state index < -0.39 is 16.0 Å². The van der Waals surface area contributed by atoms with Crippen molar-refractivity contribution in [2.24, 2.45) is 15.9 Å². The van der Waals surface area contributed by atoms with E-state index in [9.17, 15) is 13.7 Å². The molecule has 0 atom stereocenters. The second-order valence-electron chi connectivity index (χ2n) is 6.93. The fourth-order valence-corrected chi connectivity index (χ4v) is 4.75. The number of nitrogens with one attached hydrogen (secondary N) is 1. The van der Waals surface area contributed by atoms with Gasteiger partial charge in [-0.05, 0) is 41.1 Å². The molecule has 3 aromatic carbocycles. The lowest BCUT2D eigenvalue weighted by Crippen LogP contribution is -2.24. The summed E-state index contributed by atoms with van der Waals surface area (Å²) in [6.07, 6.45) is 1.53. The van der Waals surface area contributed by atoms with Gasteiger partial charge >= 0.3 is 0 Å². The first-order valence-electron chi connectivity index (χ1n) is 9.63. The van der Waals surface area contributed by atoms with Crippen molar-refractivity contribution in [2.45, 2.75) is 4.90 Å². The molecule has 0 saturated carbocycles. The number of nitrogens with zero attached hydrogens (tertiary/aromatic N) is 3. The number of guanidine groups is 1. The van der Waals surface area contributed by atoms with Crippen LogP contribution in [0, 0.1) is 11.3 Å². The summed E-state index contributed by atoms with van der Waals surface area (Å²) in [5, 5.41) is 17.3. The Kier molecular flexibility index (Phi) is 6.08. The van der Waals surface area contributed by atoms with Crippen LogP contribution in [-0.4, -0.2) is 19.4 Å². The number of thiazole rings is 1. The van der Waals surface area contributed by atoms with Crippen LogP contribution in [0.15, 0.2) is 87.6 Å². The van der Waals surface area contributed by atoms with Gasteiger partial charge in [0.25, 0.3) is 10.0 Å². The van der Waals surface area contributed by atoms with Crippen molar-refractivity contribution >= 4 is 49.4 Å². The van der Waals surface area contributed by atoms with Crippen LogP contribution in [0.5, 0.6) is 0 Å². The van der Waals surface area contributed by atoms with Crippen LogP contribution in [0.4, 0.5) is 5.69 Å². The number of aromatic nitrogens is 1. The molecule has 33 heavy (non-hydrogen) atoms. The predicted molar refractivity (Wildman–Crippen MR) is 132 cm³/mol. The number of allylic oxidation sites excluding steroid dienone is 1. The number of hydrogen-bond acceptors (Lipinski definition) is 6. The molecule has 1 aromatic heterocycles. The third-order valence-corrected chi connectivity index (χ3v) is 6.86. The number of sulfonamides is 1. The van der Waals surface area contributed by atoms with Crippen LogP contribution in [-0.2, 0) is 10.0 Å². The molecule has 0 fully saturated rings. The van der Waals surface area contributed by atoms with E-state index in [4.69, 9.17) is 11.5 Å². The molecule has 10 heteroatoms. The summed E-state index contributed by atoms with van der Waals surface area (Å²) >= 11 is 1.37. The lowest BCUT2D eigenvalue weighted by atomic mass is 10.1. The van der Waals surface area contributed by atoms with Crippen LogP contribution in [0.3, 0.4) is 0 Å². The van der Waals surface area contributed by atoms with Gasteiger partial charge in [0.2, 0.25) is 5.96 Å². The van der Waals surface area contributed by atoms with Gasteiger partial charge in [-0.2, -0.15) is 13.7 Å². The number of anilines is 1. The molecule has 4 aromatic rings. The molecule has 0 spiro atoms. The van der Waals surface area contributed by atoms with E-state index in [1.54, 1.807) is 12.1 Å². The predicted octanol–water partition coefficient (Wildman–Crippen LogP) is 3.90. The minimum absolute atomic E-state index is 0.0501. The fourth-order valence-electron chi connectivity index (χ4n) is 3.09. The highest BCUT2D eigenvalue weighted by Gasteiger charge is 2.13. The maximum absolute atomic E-state index is 12.0. The molecule has 0 aliphatic carbocycles. The lowest BCUT2D eigenvalue weighted by molar-refractivity contribution is 0.598. The van der Waals surface area contributed by atoms with Crippen LogP contribution in [0.2, 0.25) is 0 Å². The zero-order valence-corrected chi connectivity index (χ0v) is 18.8. The van der Waals surface area contributed by atoms with E-state index in [1.807, 2.05) is 35.7 Å². The maximum Gasteiger partial charge on any atom is 0.285 e. The highest BCUT2D eigenvalue weighted by atomic mass is 32.2. The summed E-state index contributed by atoms with van der Waals surface area (Å²) in [6.45, 7) is 0. The SMILES string of the molecule is N#C/C(=C\Nc1ccc(S(=O)(=O)N=C(N)N)cc1)c1nc(-c2ccc3ccccc3c2)cs1. The van der Waals surface area contributed by atoms with Crippen LogP contribution in [0.25, 0.3) is 27.6 Å². The largest absolute Gasteiger partial charge is 0.369 e. The topological polar surface area (TPSA) is 147 Å². The summed E-state index contributed by atoms with van der Waals surface area (Å²) in [5.74, 6) is -0.537. The third-order valence-electron chi connectivity index (χ3n) is 4.66. The normalized spacial score (nSPS) is 11.7. The van der Waals surface area contributed by atoms with E-state index in [1.165, 1.54) is 29.7 Å². The van der Waals surface area contributed by atoms with Crippen molar-refractivity contribution in [3.05, 3.63) is 83.3 Å². The molecule has 8 nitrogen and oxygen atoms in total. The van der Waals surface area contributed by atoms with Crippen molar-refractivity contribution in [1.29, 1.82) is 5.26 Å². The first-order chi connectivity index (χ1) is 15.9. The quantitative estimate of drug-likeness (QED) is 0.218. The summed E-state index contributed by atoms with van der Waals surface area (Å²) < 4.78 is 27.3. The molecule has 0 saturated heterocycles. The Balaban J connectivity index is 1.53. The molecule has 4 rings (SSSR count). The molecule has 0 unspecified atom stereocenters. The van der Waals surface area contributed by atoms with Gasteiger partial charge in [-0.3, -0.25) is 0 Å². The number of fused-ring (bicyclic) bond motifs is 1. The van der Waals surface area contributed by atoms with Crippen LogP contribution in [0.1, 0.15) is 5.01 Å². The minimum Gasteiger partial charge on any atom is -0.369 e. The average Bonchev–Trinajstić information content (AvgIpc) is 3.29. The zero-order valence-electron chi connectivity index (χ0n) is 17.1. The van der Waals surface area contributed by atoms with Gasteiger partial charge in [0.1, 0.15) is 16.6 Å². The Morgan fingerprint density at radius 1 is 1.06 bits per heavy atom. The van der Waals surface area contributed by atoms with Crippen molar-refractivity contribution in [1.82, 2.24) is 4.98 Å². The Labute approximate surface area is 194 Å². The zero-order chi connectivity index (χ0) is 23.4. The van der Waals surface area contributed by atoms with Crippen molar-refractivity contribution in [3.8, 4) is 17.3 Å². The monoisotopic (exact) mass is 474 g/mol. The van der Waals surface area contributed by atoms with Gasteiger partial charge in [0.15, 0.2) is 0 Å². The number of nitriles is 1. The number of hydrogen-bond donors (Lipinski definition) is 3. The van der Waals surface area contributed by atoms with Crippen molar-refractivity contribution < 1.29 is 8.42 Å². The van der Waals surface area contributed by atoms with Crippen molar-refractivity contribution in [3.63, 3.8) is 0 Å². The van der Waals surface area contributed by atoms with E-state index in [-0.39, 0.29) is 4.90 Å². The van der Waals surface area contributed by atoms with Gasteiger partial charge in [-0.1, -0.05) is 36.4 Å². The van der Waals surface area contributed by atoms with Gasteiger partial charge in [-0.15, -0.1) is 15.7 Å². The molecule has 0 radical (unpaired) electrons. The van der Waals surface area contributed by atoms with E-state index >= 15 is 0 Å². The summed E-state index contributed by atoms with van der Waals surface area (Å²) in [5.41, 5.74) is 13.0. The molecule has 5 N–H and O–H groups in total. The summed E-state index contributed by atoms with van der Waals surface area (Å²) in [4.78, 5) is 4.56. The molecular formula is C23H18N6O2S2.